The summed E-state index contributed by atoms with van der Waals surface area (Å²) in [7, 11) is 0. The largest absolute Gasteiger partial charge is 0.454 e. The Hall–Kier alpha value is -2.83. The van der Waals surface area contributed by atoms with Crippen LogP contribution in [0.1, 0.15) is 24.3 Å². The molecule has 1 aromatic carbocycles. The van der Waals surface area contributed by atoms with Crippen molar-refractivity contribution < 1.29 is 14.3 Å². The molecule has 0 unspecified atom stereocenters. The number of anilines is 2. The number of nitrogens with one attached hydrogen (secondary N) is 2. The lowest BCUT2D eigenvalue weighted by molar-refractivity contribution is 0.0938. The van der Waals surface area contributed by atoms with Gasteiger partial charge < -0.3 is 20.1 Å². The lowest BCUT2D eigenvalue weighted by Crippen LogP contribution is -2.30. The average Bonchev–Trinajstić information content (AvgIpc) is 2.94. The van der Waals surface area contributed by atoms with E-state index in [1.54, 1.807) is 18.2 Å². The SMILES string of the molecule is CC(C)NC(=O)c1ccnc(Nc2ccc3c(c2)OCO3)n1. The van der Waals surface area contributed by atoms with Gasteiger partial charge in [-0.25, -0.2) is 9.97 Å². The molecule has 0 spiro atoms. The number of rotatable bonds is 4. The van der Waals surface area contributed by atoms with Crippen molar-refractivity contribution in [1.82, 2.24) is 15.3 Å². The highest BCUT2D eigenvalue weighted by molar-refractivity contribution is 5.92. The number of nitrogens with zero attached hydrogens (tertiary/aromatic N) is 2. The first-order chi connectivity index (χ1) is 10.6. The Kier molecular flexibility index (Phi) is 3.78. The molecule has 0 fully saturated rings. The smallest absolute Gasteiger partial charge is 0.270 e. The number of aromatic nitrogens is 2. The Morgan fingerprint density at radius 2 is 2.05 bits per heavy atom. The first-order valence-corrected chi connectivity index (χ1v) is 6.92. The number of benzene rings is 1. The quantitative estimate of drug-likeness (QED) is 0.899. The van der Waals surface area contributed by atoms with Crippen molar-refractivity contribution in [3.63, 3.8) is 0 Å². The Balaban J connectivity index is 1.77. The summed E-state index contributed by atoms with van der Waals surface area (Å²) in [5.74, 6) is 1.48. The third-order valence-corrected chi connectivity index (χ3v) is 2.94. The summed E-state index contributed by atoms with van der Waals surface area (Å²) in [5, 5.41) is 5.84. The molecule has 0 saturated carbocycles. The van der Waals surface area contributed by atoms with E-state index in [2.05, 4.69) is 20.6 Å². The molecule has 114 valence electrons. The van der Waals surface area contributed by atoms with Gasteiger partial charge in [0.1, 0.15) is 5.69 Å². The number of ether oxygens (including phenoxy) is 2. The molecule has 7 nitrogen and oxygen atoms in total. The van der Waals surface area contributed by atoms with Crippen molar-refractivity contribution in [3.05, 3.63) is 36.2 Å². The first kappa shape index (κ1) is 14.1. The second-order valence-electron chi connectivity index (χ2n) is 5.09. The third-order valence-electron chi connectivity index (χ3n) is 2.94. The van der Waals surface area contributed by atoms with Crippen molar-refractivity contribution in [2.45, 2.75) is 19.9 Å². The van der Waals surface area contributed by atoms with Gasteiger partial charge in [0.25, 0.3) is 5.91 Å². The zero-order valence-electron chi connectivity index (χ0n) is 12.3. The second kappa shape index (κ2) is 5.88. The molecule has 1 aliphatic heterocycles. The van der Waals surface area contributed by atoms with Crippen LogP contribution in [0.4, 0.5) is 11.6 Å². The summed E-state index contributed by atoms with van der Waals surface area (Å²) < 4.78 is 10.6. The van der Waals surface area contributed by atoms with E-state index < -0.39 is 0 Å². The fraction of sp³-hybridized carbons (Fsp3) is 0.267. The van der Waals surface area contributed by atoms with E-state index in [1.807, 2.05) is 19.9 Å². The molecule has 0 radical (unpaired) electrons. The predicted octanol–water partition coefficient (Wildman–Crippen LogP) is 2.09. The molecule has 1 aliphatic rings. The molecule has 22 heavy (non-hydrogen) atoms. The zero-order valence-corrected chi connectivity index (χ0v) is 12.3. The van der Waals surface area contributed by atoms with Crippen LogP contribution in [0.3, 0.4) is 0 Å². The summed E-state index contributed by atoms with van der Waals surface area (Å²) in [6, 6.07) is 7.06. The van der Waals surface area contributed by atoms with Crippen LogP contribution in [0.25, 0.3) is 0 Å². The third kappa shape index (κ3) is 3.08. The highest BCUT2D eigenvalue weighted by atomic mass is 16.7. The Morgan fingerprint density at radius 3 is 2.86 bits per heavy atom. The maximum absolute atomic E-state index is 11.9. The molecule has 0 bridgehead atoms. The Labute approximate surface area is 127 Å². The fourth-order valence-electron chi connectivity index (χ4n) is 1.98. The van der Waals surface area contributed by atoms with Gasteiger partial charge >= 0.3 is 0 Å². The molecule has 7 heteroatoms. The van der Waals surface area contributed by atoms with Gasteiger partial charge in [0, 0.05) is 24.0 Å². The maximum atomic E-state index is 11.9. The van der Waals surface area contributed by atoms with Crippen molar-refractivity contribution in [3.8, 4) is 11.5 Å². The lowest BCUT2D eigenvalue weighted by atomic mass is 10.3. The van der Waals surface area contributed by atoms with E-state index in [0.717, 1.165) is 5.69 Å². The topological polar surface area (TPSA) is 85.4 Å². The van der Waals surface area contributed by atoms with E-state index in [4.69, 9.17) is 9.47 Å². The van der Waals surface area contributed by atoms with Crippen molar-refractivity contribution in [2.75, 3.05) is 12.1 Å². The summed E-state index contributed by atoms with van der Waals surface area (Å²) in [5.41, 5.74) is 1.07. The molecule has 0 atom stereocenters. The number of amides is 1. The van der Waals surface area contributed by atoms with Crippen LogP contribution in [0.2, 0.25) is 0 Å². The van der Waals surface area contributed by atoms with E-state index in [0.29, 0.717) is 23.1 Å². The standard InChI is InChI=1S/C15H16N4O3/c1-9(2)17-14(20)11-5-6-16-15(19-11)18-10-3-4-12-13(7-10)22-8-21-12/h3-7,9H,8H2,1-2H3,(H,17,20)(H,16,18,19). The number of hydrogen-bond acceptors (Lipinski definition) is 6. The van der Waals surface area contributed by atoms with Gasteiger partial charge in [0.15, 0.2) is 11.5 Å². The summed E-state index contributed by atoms with van der Waals surface area (Å²) in [6.45, 7) is 4.01. The van der Waals surface area contributed by atoms with Crippen molar-refractivity contribution >= 4 is 17.5 Å². The molecule has 3 rings (SSSR count). The minimum atomic E-state index is -0.230. The molecule has 0 aliphatic carbocycles. The number of fused-ring (bicyclic) bond motifs is 1. The van der Waals surface area contributed by atoms with Gasteiger partial charge in [-0.15, -0.1) is 0 Å². The van der Waals surface area contributed by atoms with Gasteiger partial charge in [0.05, 0.1) is 0 Å². The summed E-state index contributed by atoms with van der Waals surface area (Å²) in [6.07, 6.45) is 1.54. The van der Waals surface area contributed by atoms with Gasteiger partial charge in [-0.05, 0) is 32.0 Å². The van der Waals surface area contributed by atoms with Crippen molar-refractivity contribution in [2.24, 2.45) is 0 Å². The van der Waals surface area contributed by atoms with Crippen LogP contribution in [0, 0.1) is 0 Å². The zero-order chi connectivity index (χ0) is 15.5. The van der Waals surface area contributed by atoms with Crippen LogP contribution in [0.5, 0.6) is 11.5 Å². The molecule has 2 N–H and O–H groups in total. The van der Waals surface area contributed by atoms with E-state index in [9.17, 15) is 4.79 Å². The normalized spacial score (nSPS) is 12.3. The molecule has 1 amide bonds. The molecular formula is C15H16N4O3. The molecular weight excluding hydrogens is 284 g/mol. The summed E-state index contributed by atoms with van der Waals surface area (Å²) in [4.78, 5) is 20.3. The number of carbonyl (C=O) groups is 1. The van der Waals surface area contributed by atoms with Crippen molar-refractivity contribution in [1.29, 1.82) is 0 Å². The minimum absolute atomic E-state index is 0.0488. The van der Waals surface area contributed by atoms with Gasteiger partial charge in [-0.3, -0.25) is 4.79 Å². The fourth-order valence-corrected chi connectivity index (χ4v) is 1.98. The second-order valence-corrected chi connectivity index (χ2v) is 5.09. The number of hydrogen-bond donors (Lipinski definition) is 2. The van der Waals surface area contributed by atoms with Gasteiger partial charge in [-0.2, -0.15) is 0 Å². The van der Waals surface area contributed by atoms with Crippen LogP contribution >= 0.6 is 0 Å². The van der Waals surface area contributed by atoms with Crippen LogP contribution in [0.15, 0.2) is 30.5 Å². The van der Waals surface area contributed by atoms with Crippen LogP contribution in [-0.2, 0) is 0 Å². The highest BCUT2D eigenvalue weighted by Gasteiger charge is 2.14. The molecule has 0 saturated heterocycles. The lowest BCUT2D eigenvalue weighted by Gasteiger charge is -2.09. The van der Waals surface area contributed by atoms with Gasteiger partial charge in [0.2, 0.25) is 12.7 Å². The highest BCUT2D eigenvalue weighted by Crippen LogP contribution is 2.34. The molecule has 1 aromatic heterocycles. The van der Waals surface area contributed by atoms with Crippen LogP contribution < -0.4 is 20.1 Å². The maximum Gasteiger partial charge on any atom is 0.270 e. The van der Waals surface area contributed by atoms with Gasteiger partial charge in [-0.1, -0.05) is 0 Å². The number of carbonyl (C=O) groups excluding carboxylic acids is 1. The Morgan fingerprint density at radius 1 is 1.23 bits per heavy atom. The van der Waals surface area contributed by atoms with Crippen LogP contribution in [-0.4, -0.2) is 28.7 Å². The minimum Gasteiger partial charge on any atom is -0.454 e. The predicted molar refractivity (Wildman–Crippen MR) is 80.5 cm³/mol. The summed E-state index contributed by atoms with van der Waals surface area (Å²) >= 11 is 0. The molecule has 2 heterocycles. The monoisotopic (exact) mass is 300 g/mol. The first-order valence-electron chi connectivity index (χ1n) is 6.92. The van der Waals surface area contributed by atoms with E-state index >= 15 is 0 Å². The molecule has 2 aromatic rings. The average molecular weight is 300 g/mol. The Bertz CT molecular complexity index is 703. The van der Waals surface area contributed by atoms with E-state index in [-0.39, 0.29) is 18.7 Å². The van der Waals surface area contributed by atoms with E-state index in [1.165, 1.54) is 6.20 Å².